The van der Waals surface area contributed by atoms with E-state index in [9.17, 15) is 26.0 Å². The summed E-state index contributed by atoms with van der Waals surface area (Å²) in [4.78, 5) is -0.0927. The summed E-state index contributed by atoms with van der Waals surface area (Å²) in [6.07, 6.45) is -2.84. The summed E-state index contributed by atoms with van der Waals surface area (Å²) in [7, 11) is -4.00. The van der Waals surface area contributed by atoms with Crippen molar-refractivity contribution in [3.8, 4) is 0 Å². The maximum Gasteiger partial charge on any atom is 0.264 e. The molecule has 1 heterocycles. The second kappa shape index (κ2) is 6.47. The van der Waals surface area contributed by atoms with Crippen molar-refractivity contribution < 1.29 is 26.0 Å². The van der Waals surface area contributed by atoms with Gasteiger partial charge in [-0.2, -0.15) is 0 Å². The lowest BCUT2D eigenvalue weighted by molar-refractivity contribution is -0.0498. The third kappa shape index (κ3) is 3.07. The van der Waals surface area contributed by atoms with Gasteiger partial charge in [0.05, 0.1) is 10.6 Å². The molecule has 8 heteroatoms. The molecule has 28 heavy (non-hydrogen) atoms. The first-order valence-electron chi connectivity index (χ1n) is 9.03. The van der Waals surface area contributed by atoms with E-state index < -0.39 is 27.8 Å². The third-order valence-electron chi connectivity index (χ3n) is 5.85. The van der Waals surface area contributed by atoms with Crippen molar-refractivity contribution in [2.24, 2.45) is 0 Å². The van der Waals surface area contributed by atoms with Gasteiger partial charge in [0.2, 0.25) is 5.92 Å². The van der Waals surface area contributed by atoms with Crippen LogP contribution in [0.5, 0.6) is 0 Å². The number of para-hydroxylation sites is 1. The van der Waals surface area contributed by atoms with Gasteiger partial charge < -0.3 is 0 Å². The molecule has 2 aliphatic rings. The van der Waals surface area contributed by atoms with E-state index in [1.54, 1.807) is 24.3 Å². The van der Waals surface area contributed by atoms with Crippen LogP contribution in [-0.4, -0.2) is 20.9 Å². The highest BCUT2D eigenvalue weighted by molar-refractivity contribution is 7.92. The SMILES string of the molecule is O=S(=O)(c1ccc(C(F)F)cc1)N1CC2(CCC(F)(F)CC2)c2ccccc21. The first-order valence-corrected chi connectivity index (χ1v) is 10.5. The number of halogens is 4. The fourth-order valence-corrected chi connectivity index (χ4v) is 5.80. The topological polar surface area (TPSA) is 37.4 Å². The molecule has 0 atom stereocenters. The Morgan fingerprint density at radius 3 is 2.11 bits per heavy atom. The van der Waals surface area contributed by atoms with Gasteiger partial charge in [0.1, 0.15) is 0 Å². The maximum atomic E-state index is 13.7. The summed E-state index contributed by atoms with van der Waals surface area (Å²) in [6.45, 7) is 0.0847. The van der Waals surface area contributed by atoms with Crippen molar-refractivity contribution in [1.29, 1.82) is 0 Å². The van der Waals surface area contributed by atoms with Gasteiger partial charge in [0.15, 0.2) is 0 Å². The van der Waals surface area contributed by atoms with Crippen LogP contribution >= 0.6 is 0 Å². The summed E-state index contributed by atoms with van der Waals surface area (Å²) in [5.41, 5.74) is 0.338. The minimum atomic E-state index is -4.00. The Hall–Kier alpha value is -2.09. The number of anilines is 1. The lowest BCUT2D eigenvalue weighted by Gasteiger charge is -2.37. The molecule has 3 nitrogen and oxygen atoms in total. The molecule has 2 aromatic carbocycles. The first kappa shape index (κ1) is 19.2. The van der Waals surface area contributed by atoms with Crippen molar-refractivity contribution in [3.05, 3.63) is 59.7 Å². The van der Waals surface area contributed by atoms with Gasteiger partial charge >= 0.3 is 0 Å². The molecule has 0 N–H and O–H groups in total. The predicted molar refractivity (Wildman–Crippen MR) is 97.5 cm³/mol. The van der Waals surface area contributed by atoms with Crippen LogP contribution in [0.3, 0.4) is 0 Å². The van der Waals surface area contributed by atoms with Gasteiger partial charge in [0, 0.05) is 30.4 Å². The average Bonchev–Trinajstić information content (AvgIpc) is 3.00. The number of rotatable bonds is 3. The maximum absolute atomic E-state index is 13.7. The Kier molecular flexibility index (Phi) is 4.45. The van der Waals surface area contributed by atoms with Crippen LogP contribution in [0.15, 0.2) is 53.4 Å². The molecule has 1 saturated carbocycles. The summed E-state index contributed by atoms with van der Waals surface area (Å²) in [6, 6.07) is 11.5. The number of fused-ring (bicyclic) bond motifs is 2. The summed E-state index contributed by atoms with van der Waals surface area (Å²) < 4.78 is 80.7. The van der Waals surface area contributed by atoms with Crippen molar-refractivity contribution >= 4 is 15.7 Å². The van der Waals surface area contributed by atoms with E-state index in [1.165, 1.54) is 16.4 Å². The molecule has 1 fully saturated rings. The monoisotopic (exact) mass is 413 g/mol. The van der Waals surface area contributed by atoms with Crippen LogP contribution < -0.4 is 4.31 Å². The zero-order valence-corrected chi connectivity index (χ0v) is 15.7. The molecule has 2 aromatic rings. The normalized spacial score (nSPS) is 20.5. The molecule has 4 rings (SSSR count). The second-order valence-corrected chi connectivity index (χ2v) is 9.40. The Morgan fingerprint density at radius 2 is 1.50 bits per heavy atom. The van der Waals surface area contributed by atoms with Crippen molar-refractivity contribution in [1.82, 2.24) is 0 Å². The zero-order chi connectivity index (χ0) is 20.2. The van der Waals surface area contributed by atoms with Gasteiger partial charge in [-0.05, 0) is 36.6 Å². The third-order valence-corrected chi connectivity index (χ3v) is 7.62. The fourth-order valence-electron chi connectivity index (χ4n) is 4.23. The lowest BCUT2D eigenvalue weighted by Crippen LogP contribution is -2.41. The van der Waals surface area contributed by atoms with E-state index >= 15 is 0 Å². The van der Waals surface area contributed by atoms with Gasteiger partial charge in [-0.25, -0.2) is 26.0 Å². The van der Waals surface area contributed by atoms with E-state index in [2.05, 4.69) is 0 Å². The number of sulfonamides is 1. The summed E-state index contributed by atoms with van der Waals surface area (Å²) >= 11 is 0. The fraction of sp³-hybridized carbons (Fsp3) is 0.400. The average molecular weight is 413 g/mol. The molecule has 0 amide bonds. The molecule has 0 bridgehead atoms. The Bertz CT molecular complexity index is 980. The molecular weight excluding hydrogens is 394 g/mol. The highest BCUT2D eigenvalue weighted by Crippen LogP contribution is 2.53. The van der Waals surface area contributed by atoms with Crippen LogP contribution in [0.25, 0.3) is 0 Å². The smallest absolute Gasteiger partial charge is 0.264 e. The molecular formula is C20H19F4NO2S. The standard InChI is InChI=1S/C20H19F4NO2S/c21-18(22)14-5-7-15(8-6-14)28(26,27)25-13-19(9-11-20(23,24)12-10-19)16-3-1-2-4-17(16)25/h1-8,18H,9-13H2. The van der Waals surface area contributed by atoms with Crippen LogP contribution in [-0.2, 0) is 15.4 Å². The Morgan fingerprint density at radius 1 is 0.893 bits per heavy atom. The molecule has 150 valence electrons. The Labute approximate surface area is 161 Å². The highest BCUT2D eigenvalue weighted by atomic mass is 32.2. The summed E-state index contributed by atoms with van der Waals surface area (Å²) in [5, 5.41) is 0. The number of alkyl halides is 4. The van der Waals surface area contributed by atoms with E-state index in [0.29, 0.717) is 5.69 Å². The van der Waals surface area contributed by atoms with E-state index in [0.717, 1.165) is 17.7 Å². The zero-order valence-electron chi connectivity index (χ0n) is 14.9. The number of nitrogens with zero attached hydrogens (tertiary/aromatic N) is 1. The van der Waals surface area contributed by atoms with Crippen LogP contribution in [0.4, 0.5) is 23.2 Å². The number of hydrogen-bond donors (Lipinski definition) is 0. The van der Waals surface area contributed by atoms with Gasteiger partial charge in [-0.1, -0.05) is 30.3 Å². The minimum Gasteiger partial charge on any atom is -0.265 e. The minimum absolute atomic E-state index is 0.0847. The highest BCUT2D eigenvalue weighted by Gasteiger charge is 2.51. The van der Waals surface area contributed by atoms with Gasteiger partial charge in [0.25, 0.3) is 16.4 Å². The lowest BCUT2D eigenvalue weighted by atomic mass is 9.70. The van der Waals surface area contributed by atoms with E-state index in [4.69, 9.17) is 0 Å². The molecule has 0 saturated heterocycles. The van der Waals surface area contributed by atoms with Gasteiger partial charge in [-0.15, -0.1) is 0 Å². The van der Waals surface area contributed by atoms with Crippen molar-refractivity contribution in [2.75, 3.05) is 10.8 Å². The van der Waals surface area contributed by atoms with Crippen LogP contribution in [0.2, 0.25) is 0 Å². The molecule has 1 spiro atoms. The second-order valence-electron chi connectivity index (χ2n) is 7.53. The van der Waals surface area contributed by atoms with Crippen molar-refractivity contribution in [2.45, 2.75) is 48.3 Å². The largest absolute Gasteiger partial charge is 0.265 e. The quantitative estimate of drug-likeness (QED) is 0.642. The molecule has 0 unspecified atom stereocenters. The molecule has 1 aliphatic heterocycles. The van der Waals surface area contributed by atoms with Crippen molar-refractivity contribution in [3.63, 3.8) is 0 Å². The van der Waals surface area contributed by atoms with E-state index in [1.807, 2.05) is 0 Å². The van der Waals surface area contributed by atoms with Crippen LogP contribution in [0, 0.1) is 0 Å². The first-order chi connectivity index (χ1) is 13.1. The predicted octanol–water partition coefficient (Wildman–Crippen LogP) is 5.28. The summed E-state index contributed by atoms with van der Waals surface area (Å²) in [5.74, 6) is -2.72. The van der Waals surface area contributed by atoms with E-state index in [-0.39, 0.29) is 42.7 Å². The molecule has 0 radical (unpaired) electrons. The Balaban J connectivity index is 1.72. The molecule has 0 aromatic heterocycles. The van der Waals surface area contributed by atoms with Crippen LogP contribution in [0.1, 0.15) is 43.2 Å². The number of benzene rings is 2. The molecule has 1 aliphatic carbocycles. The van der Waals surface area contributed by atoms with Gasteiger partial charge in [-0.3, -0.25) is 4.31 Å². The number of hydrogen-bond acceptors (Lipinski definition) is 2.